The minimum absolute atomic E-state index is 0.0834. The SMILES string of the molecule is Cc1cc(C(=O)N[C@@H]2CCN(C(=O)c3cc(Cl)c4nccnc4c3)C[C@@H]2c2ccccc2)n(CC(F)F)n1. The zero-order chi connectivity index (χ0) is 26.8. The molecule has 11 heteroatoms. The Balaban J connectivity index is 1.39. The number of benzene rings is 2. The second-order valence-corrected chi connectivity index (χ2v) is 9.67. The monoisotopic (exact) mass is 538 g/mol. The number of nitrogens with one attached hydrogen (secondary N) is 1. The van der Waals surface area contributed by atoms with Crippen LogP contribution in [-0.4, -0.2) is 62.0 Å². The van der Waals surface area contributed by atoms with E-state index in [1.807, 2.05) is 30.3 Å². The van der Waals surface area contributed by atoms with Gasteiger partial charge in [-0.1, -0.05) is 41.9 Å². The molecule has 0 saturated carbocycles. The first kappa shape index (κ1) is 25.7. The van der Waals surface area contributed by atoms with Crippen LogP contribution in [0, 0.1) is 6.92 Å². The van der Waals surface area contributed by atoms with Gasteiger partial charge in [0.25, 0.3) is 18.2 Å². The summed E-state index contributed by atoms with van der Waals surface area (Å²) < 4.78 is 27.1. The summed E-state index contributed by atoms with van der Waals surface area (Å²) in [6.45, 7) is 1.72. The molecule has 2 atom stereocenters. The number of carbonyl (C=O) groups is 2. The van der Waals surface area contributed by atoms with Gasteiger partial charge in [-0.15, -0.1) is 0 Å². The average Bonchev–Trinajstić information content (AvgIpc) is 3.28. The largest absolute Gasteiger partial charge is 0.347 e. The Morgan fingerprint density at radius 2 is 1.89 bits per heavy atom. The molecule has 2 aromatic carbocycles. The molecular weight excluding hydrogens is 514 g/mol. The molecule has 4 aromatic rings. The number of likely N-dealkylation sites (tertiary alicyclic amines) is 1. The number of fused-ring (bicyclic) bond motifs is 1. The lowest BCUT2D eigenvalue weighted by Crippen LogP contribution is -2.51. The summed E-state index contributed by atoms with van der Waals surface area (Å²) in [5, 5.41) is 7.41. The van der Waals surface area contributed by atoms with E-state index < -0.39 is 18.9 Å². The Morgan fingerprint density at radius 3 is 2.66 bits per heavy atom. The van der Waals surface area contributed by atoms with E-state index in [-0.39, 0.29) is 23.6 Å². The molecule has 8 nitrogen and oxygen atoms in total. The van der Waals surface area contributed by atoms with E-state index in [2.05, 4.69) is 20.4 Å². The summed E-state index contributed by atoms with van der Waals surface area (Å²) in [5.41, 5.74) is 2.98. The number of hydrogen-bond acceptors (Lipinski definition) is 5. The lowest BCUT2D eigenvalue weighted by molar-refractivity contribution is 0.0670. The molecule has 1 N–H and O–H groups in total. The van der Waals surface area contributed by atoms with E-state index in [1.54, 1.807) is 36.4 Å². The van der Waals surface area contributed by atoms with E-state index in [4.69, 9.17) is 11.6 Å². The summed E-state index contributed by atoms with van der Waals surface area (Å²) in [6.07, 6.45) is 0.921. The maximum Gasteiger partial charge on any atom is 0.269 e. The van der Waals surface area contributed by atoms with Gasteiger partial charge < -0.3 is 10.2 Å². The Bertz CT molecular complexity index is 1480. The number of halogens is 3. The Morgan fingerprint density at radius 1 is 1.13 bits per heavy atom. The lowest BCUT2D eigenvalue weighted by Gasteiger charge is -2.39. The number of aromatic nitrogens is 4. The van der Waals surface area contributed by atoms with E-state index >= 15 is 0 Å². The lowest BCUT2D eigenvalue weighted by atomic mass is 9.85. The molecule has 38 heavy (non-hydrogen) atoms. The molecule has 2 aromatic heterocycles. The summed E-state index contributed by atoms with van der Waals surface area (Å²) in [6, 6.07) is 14.0. The van der Waals surface area contributed by atoms with E-state index in [0.717, 1.165) is 10.2 Å². The second-order valence-electron chi connectivity index (χ2n) is 9.26. The van der Waals surface area contributed by atoms with Crippen molar-refractivity contribution in [2.45, 2.75) is 38.3 Å². The molecule has 196 valence electrons. The highest BCUT2D eigenvalue weighted by Crippen LogP contribution is 2.30. The van der Waals surface area contributed by atoms with Gasteiger partial charge in [0.1, 0.15) is 17.8 Å². The number of alkyl halides is 2. The predicted octanol–water partition coefficient (Wildman–Crippen LogP) is 4.48. The number of hydrogen-bond donors (Lipinski definition) is 1. The Hall–Kier alpha value is -3.92. The molecule has 0 aliphatic carbocycles. The molecule has 2 amide bonds. The predicted molar refractivity (Wildman–Crippen MR) is 138 cm³/mol. The van der Waals surface area contributed by atoms with Crippen molar-refractivity contribution >= 4 is 34.4 Å². The molecule has 0 bridgehead atoms. The fraction of sp³-hybridized carbons (Fsp3) is 0.296. The standard InChI is InChI=1S/C27H25ClF2N6O2/c1-16-11-23(36(34-16)15-24(29)30)26(37)33-21-7-10-35(14-19(21)17-5-3-2-4-6-17)27(38)18-12-20(28)25-22(13-18)31-8-9-32-25/h2-6,8-9,11-13,19,21,24H,7,10,14-15H2,1H3,(H,33,37)/t19-,21-/m1/s1. The topological polar surface area (TPSA) is 93.0 Å². The Kier molecular flexibility index (Phi) is 7.33. The van der Waals surface area contributed by atoms with Gasteiger partial charge in [-0.3, -0.25) is 24.2 Å². The number of amides is 2. The summed E-state index contributed by atoms with van der Waals surface area (Å²) in [5.74, 6) is -0.895. The van der Waals surface area contributed by atoms with Crippen LogP contribution in [0.25, 0.3) is 11.0 Å². The third kappa shape index (κ3) is 5.35. The van der Waals surface area contributed by atoms with Crippen LogP contribution in [0.5, 0.6) is 0 Å². The molecule has 1 aliphatic heterocycles. The quantitative estimate of drug-likeness (QED) is 0.391. The zero-order valence-corrected chi connectivity index (χ0v) is 21.3. The average molecular weight is 539 g/mol. The van der Waals surface area contributed by atoms with Crippen LogP contribution in [-0.2, 0) is 6.54 Å². The van der Waals surface area contributed by atoms with Gasteiger partial charge in [-0.25, -0.2) is 8.78 Å². The van der Waals surface area contributed by atoms with Crippen molar-refractivity contribution in [3.05, 3.63) is 88.5 Å². The molecule has 0 radical (unpaired) electrons. The minimum atomic E-state index is -2.64. The van der Waals surface area contributed by atoms with Crippen LogP contribution in [0.1, 0.15) is 44.4 Å². The number of nitrogens with zero attached hydrogens (tertiary/aromatic N) is 5. The third-order valence-corrected chi connectivity index (χ3v) is 6.95. The first-order chi connectivity index (χ1) is 18.3. The Labute approximate surface area is 222 Å². The maximum atomic E-state index is 13.5. The van der Waals surface area contributed by atoms with Crippen molar-refractivity contribution in [3.63, 3.8) is 0 Å². The van der Waals surface area contributed by atoms with Crippen molar-refractivity contribution in [3.8, 4) is 0 Å². The summed E-state index contributed by atoms with van der Waals surface area (Å²) in [7, 11) is 0. The number of aryl methyl sites for hydroxylation is 1. The van der Waals surface area contributed by atoms with E-state index in [9.17, 15) is 18.4 Å². The van der Waals surface area contributed by atoms with Crippen molar-refractivity contribution in [1.82, 2.24) is 30.0 Å². The fourth-order valence-corrected chi connectivity index (χ4v) is 5.19. The van der Waals surface area contributed by atoms with Gasteiger partial charge >= 0.3 is 0 Å². The van der Waals surface area contributed by atoms with Crippen LogP contribution in [0.4, 0.5) is 8.78 Å². The van der Waals surface area contributed by atoms with Crippen LogP contribution in [0.2, 0.25) is 5.02 Å². The third-order valence-electron chi connectivity index (χ3n) is 6.66. The van der Waals surface area contributed by atoms with Gasteiger partial charge in [0.2, 0.25) is 0 Å². The fourth-order valence-electron chi connectivity index (χ4n) is 4.93. The van der Waals surface area contributed by atoms with Crippen molar-refractivity contribution < 1.29 is 18.4 Å². The van der Waals surface area contributed by atoms with Gasteiger partial charge in [0.05, 0.1) is 16.2 Å². The van der Waals surface area contributed by atoms with Crippen LogP contribution in [0.15, 0.2) is 60.9 Å². The number of rotatable bonds is 6. The van der Waals surface area contributed by atoms with E-state index in [1.165, 1.54) is 6.07 Å². The van der Waals surface area contributed by atoms with Crippen molar-refractivity contribution in [1.29, 1.82) is 0 Å². The normalized spacial score (nSPS) is 17.7. The second kappa shape index (κ2) is 10.8. The van der Waals surface area contributed by atoms with Crippen molar-refractivity contribution in [2.75, 3.05) is 13.1 Å². The summed E-state index contributed by atoms with van der Waals surface area (Å²) in [4.78, 5) is 36.9. The minimum Gasteiger partial charge on any atom is -0.347 e. The highest BCUT2D eigenvalue weighted by atomic mass is 35.5. The molecule has 3 heterocycles. The maximum absolute atomic E-state index is 13.5. The molecule has 0 unspecified atom stereocenters. The summed E-state index contributed by atoms with van der Waals surface area (Å²) >= 11 is 6.38. The zero-order valence-electron chi connectivity index (χ0n) is 20.5. The van der Waals surface area contributed by atoms with Crippen LogP contribution >= 0.6 is 11.6 Å². The van der Waals surface area contributed by atoms with Crippen LogP contribution < -0.4 is 5.32 Å². The molecular formula is C27H25ClF2N6O2. The smallest absolute Gasteiger partial charge is 0.269 e. The molecule has 1 aliphatic rings. The van der Waals surface area contributed by atoms with Crippen LogP contribution in [0.3, 0.4) is 0 Å². The number of piperidine rings is 1. The number of carbonyl (C=O) groups excluding carboxylic acids is 2. The molecule has 5 rings (SSSR count). The molecule has 1 saturated heterocycles. The van der Waals surface area contributed by atoms with Crippen molar-refractivity contribution in [2.24, 2.45) is 0 Å². The van der Waals surface area contributed by atoms with Gasteiger partial charge in [0.15, 0.2) is 0 Å². The van der Waals surface area contributed by atoms with E-state index in [0.29, 0.717) is 46.8 Å². The molecule has 0 spiro atoms. The van der Waals surface area contributed by atoms with Gasteiger partial charge in [-0.2, -0.15) is 5.10 Å². The molecule has 1 fully saturated rings. The van der Waals surface area contributed by atoms with Gasteiger partial charge in [-0.05, 0) is 37.1 Å². The first-order valence-electron chi connectivity index (χ1n) is 12.2. The van der Waals surface area contributed by atoms with Gasteiger partial charge in [0, 0.05) is 43.0 Å². The first-order valence-corrected chi connectivity index (χ1v) is 12.6. The highest BCUT2D eigenvalue weighted by Gasteiger charge is 2.35. The highest BCUT2D eigenvalue weighted by molar-refractivity contribution is 6.35.